The molecule has 1 aromatic heterocycles. The first-order valence-electron chi connectivity index (χ1n) is 6.70. The van der Waals surface area contributed by atoms with Gasteiger partial charge in [-0.2, -0.15) is 0 Å². The van der Waals surface area contributed by atoms with E-state index in [0.717, 1.165) is 0 Å². The summed E-state index contributed by atoms with van der Waals surface area (Å²) < 4.78 is 42.0. The summed E-state index contributed by atoms with van der Waals surface area (Å²) in [5.41, 5.74) is 0.469. The molecule has 2 heterocycles. The Balaban J connectivity index is 2.01. The molecule has 0 spiro atoms. The molecule has 1 aliphatic rings. The van der Waals surface area contributed by atoms with Gasteiger partial charge in [0.15, 0.2) is 11.5 Å². The van der Waals surface area contributed by atoms with Crippen LogP contribution in [0.2, 0.25) is 0 Å². The Labute approximate surface area is 127 Å². The number of benzene rings is 2. The van der Waals surface area contributed by atoms with Gasteiger partial charge in [0.05, 0.1) is 4.90 Å². The van der Waals surface area contributed by atoms with Crippen LogP contribution >= 0.6 is 0 Å². The standard InChI is InChI=1S/C16H12O5S/c1-10-16(22(17,18)11-5-3-2-4-6-11)12-7-14-15(20-9-19-14)8-13(12)21-10/h2-8H,9H2,1H3. The highest BCUT2D eigenvalue weighted by Gasteiger charge is 2.28. The van der Waals surface area contributed by atoms with Gasteiger partial charge in [-0.25, -0.2) is 8.42 Å². The van der Waals surface area contributed by atoms with E-state index in [0.29, 0.717) is 28.2 Å². The van der Waals surface area contributed by atoms with Gasteiger partial charge in [0.2, 0.25) is 16.6 Å². The first-order chi connectivity index (χ1) is 10.6. The number of fused-ring (bicyclic) bond motifs is 2. The second-order valence-electron chi connectivity index (χ2n) is 5.01. The summed E-state index contributed by atoms with van der Waals surface area (Å²) in [7, 11) is -3.66. The molecular formula is C16H12O5S. The minimum absolute atomic E-state index is 0.127. The van der Waals surface area contributed by atoms with Crippen LogP contribution in [0.25, 0.3) is 11.0 Å². The SMILES string of the molecule is Cc1oc2cc3c(cc2c1S(=O)(=O)c1ccccc1)OCO3. The van der Waals surface area contributed by atoms with Gasteiger partial charge in [0.25, 0.3) is 0 Å². The van der Waals surface area contributed by atoms with Crippen LogP contribution in [-0.2, 0) is 9.84 Å². The van der Waals surface area contributed by atoms with Crippen LogP contribution < -0.4 is 9.47 Å². The van der Waals surface area contributed by atoms with Gasteiger partial charge in [-0.05, 0) is 25.1 Å². The predicted octanol–water partition coefficient (Wildman–Crippen LogP) is 3.30. The molecule has 4 rings (SSSR count). The first kappa shape index (κ1) is 13.2. The fraction of sp³-hybridized carbons (Fsp3) is 0.125. The maximum Gasteiger partial charge on any atom is 0.231 e. The lowest BCUT2D eigenvalue weighted by Crippen LogP contribution is -2.02. The predicted molar refractivity (Wildman–Crippen MR) is 79.0 cm³/mol. The van der Waals surface area contributed by atoms with E-state index in [1.807, 2.05) is 0 Å². The molecule has 22 heavy (non-hydrogen) atoms. The van der Waals surface area contributed by atoms with E-state index in [4.69, 9.17) is 13.9 Å². The molecule has 2 aromatic carbocycles. The van der Waals surface area contributed by atoms with Crippen LogP contribution in [0.3, 0.4) is 0 Å². The highest BCUT2D eigenvalue weighted by Crippen LogP contribution is 2.41. The summed E-state index contributed by atoms with van der Waals surface area (Å²) in [6.07, 6.45) is 0. The quantitative estimate of drug-likeness (QED) is 0.725. The molecule has 3 aromatic rings. The van der Waals surface area contributed by atoms with Crippen LogP contribution in [0.5, 0.6) is 11.5 Å². The normalized spacial score (nSPS) is 13.7. The summed E-state index contributed by atoms with van der Waals surface area (Å²) in [5.74, 6) is 1.44. The number of hydrogen-bond acceptors (Lipinski definition) is 5. The average Bonchev–Trinajstić information content (AvgIpc) is 3.08. The van der Waals surface area contributed by atoms with Gasteiger partial charge in [-0.15, -0.1) is 0 Å². The third-order valence-corrected chi connectivity index (χ3v) is 5.56. The molecule has 0 bridgehead atoms. The molecule has 0 radical (unpaired) electrons. The molecule has 5 nitrogen and oxygen atoms in total. The summed E-state index contributed by atoms with van der Waals surface area (Å²) in [6.45, 7) is 1.77. The summed E-state index contributed by atoms with van der Waals surface area (Å²) >= 11 is 0. The Morgan fingerprint density at radius 3 is 2.41 bits per heavy atom. The molecule has 0 saturated carbocycles. The van der Waals surface area contributed by atoms with E-state index in [-0.39, 0.29) is 16.6 Å². The highest BCUT2D eigenvalue weighted by molar-refractivity contribution is 7.91. The average molecular weight is 316 g/mol. The molecule has 0 saturated heterocycles. The Bertz CT molecular complexity index is 971. The minimum atomic E-state index is -3.66. The molecule has 0 aliphatic carbocycles. The molecule has 0 atom stereocenters. The Hall–Kier alpha value is -2.47. The lowest BCUT2D eigenvalue weighted by molar-refractivity contribution is 0.174. The smallest absolute Gasteiger partial charge is 0.231 e. The maximum atomic E-state index is 12.9. The number of furan rings is 1. The van der Waals surface area contributed by atoms with E-state index in [9.17, 15) is 8.42 Å². The number of sulfone groups is 1. The van der Waals surface area contributed by atoms with Gasteiger partial charge in [-0.3, -0.25) is 0 Å². The van der Waals surface area contributed by atoms with E-state index in [2.05, 4.69) is 0 Å². The van der Waals surface area contributed by atoms with Crippen LogP contribution in [0.1, 0.15) is 5.76 Å². The van der Waals surface area contributed by atoms with Crippen molar-refractivity contribution in [2.75, 3.05) is 6.79 Å². The van der Waals surface area contributed by atoms with Crippen LogP contribution in [0, 0.1) is 6.92 Å². The zero-order valence-corrected chi connectivity index (χ0v) is 12.5. The van der Waals surface area contributed by atoms with Crippen molar-refractivity contribution in [3.63, 3.8) is 0 Å². The van der Waals surface area contributed by atoms with Gasteiger partial charge in [0, 0.05) is 11.5 Å². The maximum absolute atomic E-state index is 12.9. The van der Waals surface area contributed by atoms with E-state index in [1.165, 1.54) is 0 Å². The molecule has 0 fully saturated rings. The first-order valence-corrected chi connectivity index (χ1v) is 8.18. The minimum Gasteiger partial charge on any atom is -0.460 e. The van der Waals surface area contributed by atoms with Crippen molar-refractivity contribution in [1.29, 1.82) is 0 Å². The lowest BCUT2D eigenvalue weighted by atomic mass is 10.2. The highest BCUT2D eigenvalue weighted by atomic mass is 32.2. The zero-order chi connectivity index (χ0) is 15.3. The monoisotopic (exact) mass is 316 g/mol. The second-order valence-corrected chi connectivity index (χ2v) is 6.89. The Kier molecular flexibility index (Phi) is 2.71. The van der Waals surface area contributed by atoms with Gasteiger partial charge < -0.3 is 13.9 Å². The Morgan fingerprint density at radius 1 is 1.00 bits per heavy atom. The third kappa shape index (κ3) is 1.80. The fourth-order valence-electron chi connectivity index (χ4n) is 2.64. The second kappa shape index (κ2) is 4.51. The van der Waals surface area contributed by atoms with Crippen molar-refractivity contribution in [3.8, 4) is 11.5 Å². The van der Waals surface area contributed by atoms with E-state index < -0.39 is 9.84 Å². The molecule has 6 heteroatoms. The van der Waals surface area contributed by atoms with Crippen LogP contribution in [0.15, 0.2) is 56.7 Å². The number of aryl methyl sites for hydroxylation is 1. The Morgan fingerprint density at radius 2 is 1.68 bits per heavy atom. The zero-order valence-electron chi connectivity index (χ0n) is 11.7. The van der Waals surface area contributed by atoms with Crippen molar-refractivity contribution < 1.29 is 22.3 Å². The lowest BCUT2D eigenvalue weighted by Gasteiger charge is -2.04. The number of hydrogen-bond donors (Lipinski definition) is 0. The van der Waals surface area contributed by atoms with Crippen LogP contribution in [-0.4, -0.2) is 15.2 Å². The molecule has 1 aliphatic heterocycles. The molecular weight excluding hydrogens is 304 g/mol. The number of ether oxygens (including phenoxy) is 2. The fourth-order valence-corrected chi connectivity index (χ4v) is 4.26. The van der Waals surface area contributed by atoms with Gasteiger partial charge >= 0.3 is 0 Å². The molecule has 0 N–H and O–H groups in total. The van der Waals surface area contributed by atoms with Crippen molar-refractivity contribution in [2.45, 2.75) is 16.7 Å². The molecule has 0 amide bonds. The summed E-state index contributed by atoms with van der Waals surface area (Å²) in [4.78, 5) is 0.408. The topological polar surface area (TPSA) is 65.7 Å². The van der Waals surface area contributed by atoms with Gasteiger partial charge in [0.1, 0.15) is 16.2 Å². The largest absolute Gasteiger partial charge is 0.460 e. The van der Waals surface area contributed by atoms with Crippen molar-refractivity contribution in [3.05, 3.63) is 48.2 Å². The summed E-state index contributed by atoms with van der Waals surface area (Å²) in [6, 6.07) is 11.6. The van der Waals surface area contributed by atoms with Crippen LogP contribution in [0.4, 0.5) is 0 Å². The van der Waals surface area contributed by atoms with Gasteiger partial charge in [-0.1, -0.05) is 18.2 Å². The number of rotatable bonds is 2. The molecule has 112 valence electrons. The third-order valence-electron chi connectivity index (χ3n) is 3.62. The summed E-state index contributed by atoms with van der Waals surface area (Å²) in [5, 5.41) is 0.505. The van der Waals surface area contributed by atoms with E-state index in [1.54, 1.807) is 49.4 Å². The van der Waals surface area contributed by atoms with E-state index >= 15 is 0 Å². The van der Waals surface area contributed by atoms with Crippen molar-refractivity contribution >= 4 is 20.8 Å². The van der Waals surface area contributed by atoms with Crippen molar-refractivity contribution in [1.82, 2.24) is 0 Å². The van der Waals surface area contributed by atoms with Crippen molar-refractivity contribution in [2.24, 2.45) is 0 Å². The molecule has 0 unspecified atom stereocenters.